The lowest BCUT2D eigenvalue weighted by Gasteiger charge is -2.17. The first-order valence-corrected chi connectivity index (χ1v) is 6.54. The predicted molar refractivity (Wildman–Crippen MR) is 79.5 cm³/mol. The molecule has 106 valence electrons. The van der Waals surface area contributed by atoms with E-state index in [-0.39, 0.29) is 0 Å². The molecule has 2 rings (SSSR count). The number of hydrogen-bond acceptors (Lipinski definition) is 3. The fourth-order valence-corrected chi connectivity index (χ4v) is 2.16. The topological polar surface area (TPSA) is 38.7 Å². The Morgan fingerprint density at radius 2 is 1.65 bits per heavy atom. The Kier molecular flexibility index (Phi) is 4.30. The molecule has 0 saturated carbocycles. The average molecular weight is 272 g/mol. The zero-order valence-corrected chi connectivity index (χ0v) is 12.3. The summed E-state index contributed by atoms with van der Waals surface area (Å²) in [5, 5.41) is 10.6. The Morgan fingerprint density at radius 1 is 0.900 bits per heavy atom. The summed E-state index contributed by atoms with van der Waals surface area (Å²) in [6, 6.07) is 11.4. The third kappa shape index (κ3) is 2.78. The summed E-state index contributed by atoms with van der Waals surface area (Å²) in [5.41, 5.74) is 3.96. The molecule has 0 saturated heterocycles. The van der Waals surface area contributed by atoms with Crippen LogP contribution in [0.5, 0.6) is 11.5 Å². The molecule has 0 bridgehead atoms. The molecule has 0 aliphatic carbocycles. The number of ether oxygens (including phenoxy) is 2. The number of rotatable bonds is 4. The Balaban J connectivity index is 2.41. The third-order valence-electron chi connectivity index (χ3n) is 3.58. The maximum absolute atomic E-state index is 10.6. The molecule has 1 atom stereocenters. The van der Waals surface area contributed by atoms with Gasteiger partial charge in [-0.2, -0.15) is 0 Å². The van der Waals surface area contributed by atoms with Crippen molar-refractivity contribution < 1.29 is 14.6 Å². The molecule has 1 N–H and O–H groups in total. The van der Waals surface area contributed by atoms with E-state index in [4.69, 9.17) is 9.47 Å². The third-order valence-corrected chi connectivity index (χ3v) is 3.58. The standard InChI is InChI=1S/C17H20O3/c1-11-5-6-13(9-12(11)2)17(18)15-8-7-14(19-3)10-16(15)20-4/h5-10,17-18H,1-4H3. The van der Waals surface area contributed by atoms with E-state index < -0.39 is 6.10 Å². The van der Waals surface area contributed by atoms with Crippen molar-refractivity contribution in [3.05, 3.63) is 58.7 Å². The van der Waals surface area contributed by atoms with Crippen LogP contribution in [0.3, 0.4) is 0 Å². The van der Waals surface area contributed by atoms with Crippen LogP contribution in [0.4, 0.5) is 0 Å². The van der Waals surface area contributed by atoms with E-state index in [1.54, 1.807) is 20.3 Å². The lowest BCUT2D eigenvalue weighted by atomic mass is 9.97. The number of hydrogen-bond donors (Lipinski definition) is 1. The fourth-order valence-electron chi connectivity index (χ4n) is 2.16. The van der Waals surface area contributed by atoms with E-state index in [1.807, 2.05) is 37.3 Å². The van der Waals surface area contributed by atoms with Gasteiger partial charge in [-0.15, -0.1) is 0 Å². The van der Waals surface area contributed by atoms with E-state index in [2.05, 4.69) is 6.92 Å². The molecule has 2 aromatic rings. The van der Waals surface area contributed by atoms with Crippen LogP contribution in [-0.4, -0.2) is 19.3 Å². The largest absolute Gasteiger partial charge is 0.497 e. The van der Waals surface area contributed by atoms with Gasteiger partial charge in [0, 0.05) is 11.6 Å². The van der Waals surface area contributed by atoms with Gasteiger partial charge in [0.15, 0.2) is 0 Å². The highest BCUT2D eigenvalue weighted by molar-refractivity contribution is 5.46. The summed E-state index contributed by atoms with van der Waals surface area (Å²) in [7, 11) is 3.19. The molecular weight excluding hydrogens is 252 g/mol. The van der Waals surface area contributed by atoms with E-state index in [9.17, 15) is 5.11 Å². The molecule has 0 aromatic heterocycles. The zero-order valence-electron chi connectivity index (χ0n) is 12.3. The SMILES string of the molecule is COc1ccc(C(O)c2ccc(C)c(C)c2)c(OC)c1. The van der Waals surface area contributed by atoms with Gasteiger partial charge in [0.05, 0.1) is 14.2 Å². The van der Waals surface area contributed by atoms with Crippen LogP contribution in [0.2, 0.25) is 0 Å². The number of aryl methyl sites for hydroxylation is 2. The van der Waals surface area contributed by atoms with Crippen molar-refractivity contribution in [2.75, 3.05) is 14.2 Å². The van der Waals surface area contributed by atoms with Gasteiger partial charge in [-0.05, 0) is 42.7 Å². The smallest absolute Gasteiger partial charge is 0.128 e. The molecule has 3 nitrogen and oxygen atoms in total. The summed E-state index contributed by atoms with van der Waals surface area (Å²) in [5.74, 6) is 1.33. The van der Waals surface area contributed by atoms with Crippen molar-refractivity contribution >= 4 is 0 Å². The van der Waals surface area contributed by atoms with Gasteiger partial charge < -0.3 is 14.6 Å². The van der Waals surface area contributed by atoms with Crippen molar-refractivity contribution in [2.24, 2.45) is 0 Å². The normalized spacial score (nSPS) is 12.1. The van der Waals surface area contributed by atoms with Crippen molar-refractivity contribution in [1.82, 2.24) is 0 Å². The molecule has 2 aromatic carbocycles. The second kappa shape index (κ2) is 5.97. The molecule has 3 heteroatoms. The Morgan fingerprint density at radius 3 is 2.25 bits per heavy atom. The van der Waals surface area contributed by atoms with Gasteiger partial charge in [0.2, 0.25) is 0 Å². The molecule has 1 unspecified atom stereocenters. The first-order valence-electron chi connectivity index (χ1n) is 6.54. The number of methoxy groups -OCH3 is 2. The van der Waals surface area contributed by atoms with Crippen LogP contribution in [0, 0.1) is 13.8 Å². The highest BCUT2D eigenvalue weighted by Gasteiger charge is 2.16. The molecule has 0 radical (unpaired) electrons. The monoisotopic (exact) mass is 272 g/mol. The number of benzene rings is 2. The van der Waals surface area contributed by atoms with Crippen molar-refractivity contribution in [3.63, 3.8) is 0 Å². The quantitative estimate of drug-likeness (QED) is 0.927. The Labute approximate surface area is 119 Å². The van der Waals surface area contributed by atoms with E-state index in [0.29, 0.717) is 11.5 Å². The molecule has 0 spiro atoms. The van der Waals surface area contributed by atoms with E-state index in [1.165, 1.54) is 5.56 Å². The minimum atomic E-state index is -0.713. The summed E-state index contributed by atoms with van der Waals surface area (Å²) >= 11 is 0. The van der Waals surface area contributed by atoms with Gasteiger partial charge in [0.25, 0.3) is 0 Å². The van der Waals surface area contributed by atoms with E-state index in [0.717, 1.165) is 16.7 Å². The first-order chi connectivity index (χ1) is 9.56. The number of aliphatic hydroxyl groups excluding tert-OH is 1. The van der Waals surface area contributed by atoms with Crippen LogP contribution in [-0.2, 0) is 0 Å². The lowest BCUT2D eigenvalue weighted by molar-refractivity contribution is 0.214. The molecule has 0 aliphatic heterocycles. The highest BCUT2D eigenvalue weighted by atomic mass is 16.5. The van der Waals surface area contributed by atoms with Crippen LogP contribution < -0.4 is 9.47 Å². The van der Waals surface area contributed by atoms with Crippen molar-refractivity contribution in [1.29, 1.82) is 0 Å². The van der Waals surface area contributed by atoms with Crippen LogP contribution in [0.25, 0.3) is 0 Å². The minimum Gasteiger partial charge on any atom is -0.497 e. The van der Waals surface area contributed by atoms with Gasteiger partial charge >= 0.3 is 0 Å². The average Bonchev–Trinajstić information content (AvgIpc) is 2.48. The van der Waals surface area contributed by atoms with Gasteiger partial charge in [-0.25, -0.2) is 0 Å². The second-order valence-corrected chi connectivity index (χ2v) is 4.85. The molecule has 20 heavy (non-hydrogen) atoms. The second-order valence-electron chi connectivity index (χ2n) is 4.85. The minimum absolute atomic E-state index is 0.620. The van der Waals surface area contributed by atoms with Gasteiger partial charge in [0.1, 0.15) is 17.6 Å². The van der Waals surface area contributed by atoms with Crippen LogP contribution >= 0.6 is 0 Å². The first kappa shape index (κ1) is 14.4. The Hall–Kier alpha value is -2.00. The lowest BCUT2D eigenvalue weighted by Crippen LogP contribution is -2.03. The molecule has 0 heterocycles. The highest BCUT2D eigenvalue weighted by Crippen LogP contribution is 2.33. The van der Waals surface area contributed by atoms with Crippen molar-refractivity contribution in [2.45, 2.75) is 20.0 Å². The molecule has 0 fully saturated rings. The fraction of sp³-hybridized carbons (Fsp3) is 0.294. The molecule has 0 amide bonds. The van der Waals surface area contributed by atoms with E-state index >= 15 is 0 Å². The van der Waals surface area contributed by atoms with Crippen molar-refractivity contribution in [3.8, 4) is 11.5 Å². The van der Waals surface area contributed by atoms with Crippen LogP contribution in [0.15, 0.2) is 36.4 Å². The van der Waals surface area contributed by atoms with Gasteiger partial charge in [-0.3, -0.25) is 0 Å². The Bertz CT molecular complexity index is 605. The molecular formula is C17H20O3. The maximum atomic E-state index is 10.6. The summed E-state index contributed by atoms with van der Waals surface area (Å²) in [6.07, 6.45) is -0.713. The van der Waals surface area contributed by atoms with Crippen LogP contribution in [0.1, 0.15) is 28.4 Å². The summed E-state index contributed by atoms with van der Waals surface area (Å²) in [4.78, 5) is 0. The van der Waals surface area contributed by atoms with Gasteiger partial charge in [-0.1, -0.05) is 18.2 Å². The predicted octanol–water partition coefficient (Wildman–Crippen LogP) is 3.40. The number of aliphatic hydroxyl groups is 1. The zero-order chi connectivity index (χ0) is 14.7. The molecule has 0 aliphatic rings. The summed E-state index contributed by atoms with van der Waals surface area (Å²) < 4.78 is 10.5. The summed E-state index contributed by atoms with van der Waals surface area (Å²) in [6.45, 7) is 4.09. The maximum Gasteiger partial charge on any atom is 0.128 e.